The Balaban J connectivity index is 1.31. The second kappa shape index (κ2) is 13.6. The molecule has 0 bridgehead atoms. The maximum absolute atomic E-state index is 13.3. The Morgan fingerprint density at radius 1 is 1.00 bits per heavy atom. The first kappa shape index (κ1) is 31.4. The van der Waals surface area contributed by atoms with Crippen molar-refractivity contribution in [3.05, 3.63) is 83.0 Å². The number of aryl methyl sites for hydroxylation is 1. The highest BCUT2D eigenvalue weighted by Crippen LogP contribution is 2.33. The quantitative estimate of drug-likeness (QED) is 0.286. The topological polar surface area (TPSA) is 121 Å². The molecule has 4 N–H and O–H groups in total. The van der Waals surface area contributed by atoms with E-state index in [4.69, 9.17) is 5.73 Å². The molecule has 1 aliphatic rings. The summed E-state index contributed by atoms with van der Waals surface area (Å²) in [6.45, 7) is 4.28. The number of anilines is 2. The minimum absolute atomic E-state index is 0.0306. The zero-order chi connectivity index (χ0) is 30.3. The Hall–Kier alpha value is -3.52. The van der Waals surface area contributed by atoms with Crippen molar-refractivity contribution < 1.29 is 26.4 Å². The molecule has 0 spiro atoms. The van der Waals surface area contributed by atoms with Gasteiger partial charge in [0.25, 0.3) is 5.91 Å². The van der Waals surface area contributed by atoms with Crippen molar-refractivity contribution in [3.8, 4) is 0 Å². The summed E-state index contributed by atoms with van der Waals surface area (Å²) in [6.07, 6.45) is -1.56. The molecule has 0 radical (unpaired) electrons. The Labute approximate surface area is 244 Å². The van der Waals surface area contributed by atoms with Gasteiger partial charge in [0.1, 0.15) is 5.82 Å². The van der Waals surface area contributed by atoms with Crippen molar-refractivity contribution in [1.29, 1.82) is 0 Å². The number of pyridine rings is 1. The molecule has 226 valence electrons. The molecule has 2 aromatic carbocycles. The molecule has 1 saturated heterocycles. The van der Waals surface area contributed by atoms with Gasteiger partial charge in [-0.05, 0) is 93.0 Å². The summed E-state index contributed by atoms with van der Waals surface area (Å²) in [5.74, 6) is -0.150. The second-order valence-corrected chi connectivity index (χ2v) is 12.0. The van der Waals surface area contributed by atoms with Crippen LogP contribution < -0.4 is 21.3 Å². The molecule has 0 saturated carbocycles. The van der Waals surface area contributed by atoms with Gasteiger partial charge in [-0.15, -0.1) is 0 Å². The Kier molecular flexibility index (Phi) is 10.2. The molecule has 0 aliphatic carbocycles. The highest BCUT2D eigenvalue weighted by molar-refractivity contribution is 7.89. The van der Waals surface area contributed by atoms with Gasteiger partial charge in [0, 0.05) is 43.6 Å². The molecule has 13 heteroatoms. The number of amides is 1. The molecule has 2 heterocycles. The Bertz CT molecular complexity index is 1460. The van der Waals surface area contributed by atoms with Gasteiger partial charge in [-0.1, -0.05) is 12.1 Å². The lowest BCUT2D eigenvalue weighted by Crippen LogP contribution is -2.49. The number of sulfonamides is 1. The fourth-order valence-electron chi connectivity index (χ4n) is 4.62. The van der Waals surface area contributed by atoms with Crippen LogP contribution in [-0.2, 0) is 22.6 Å². The van der Waals surface area contributed by atoms with Crippen LogP contribution in [0.5, 0.6) is 0 Å². The van der Waals surface area contributed by atoms with Crippen LogP contribution in [0.1, 0.15) is 33.5 Å². The number of hydrogen-bond donors (Lipinski definition) is 3. The SMILES string of the molecule is Cc1cnc(N2CCN(S(=O)(=O)c3ccc(NC(=O)c4ccc(CCNCCCN)cc4)cc3)CC2)cc1C(F)(F)F. The van der Waals surface area contributed by atoms with Gasteiger partial charge in [-0.2, -0.15) is 17.5 Å². The van der Waals surface area contributed by atoms with Crippen molar-refractivity contribution in [2.24, 2.45) is 5.73 Å². The third kappa shape index (κ3) is 7.85. The predicted molar refractivity (Wildman–Crippen MR) is 156 cm³/mol. The van der Waals surface area contributed by atoms with Crippen molar-refractivity contribution >= 4 is 27.4 Å². The molecule has 0 unspecified atom stereocenters. The van der Waals surface area contributed by atoms with Crippen LogP contribution in [0.3, 0.4) is 0 Å². The molecule has 1 fully saturated rings. The van der Waals surface area contributed by atoms with Gasteiger partial charge in [-0.3, -0.25) is 4.79 Å². The third-order valence-electron chi connectivity index (χ3n) is 7.07. The summed E-state index contributed by atoms with van der Waals surface area (Å²) < 4.78 is 67.7. The predicted octanol–water partition coefficient (Wildman–Crippen LogP) is 3.65. The highest BCUT2D eigenvalue weighted by Gasteiger charge is 2.34. The standard InChI is InChI=1S/C29H35F3N6O3S/c1-21-20-35-27(19-26(21)29(30,31)32)37-15-17-38(18-16-37)42(40,41)25-9-7-24(8-10-25)36-28(39)23-5-3-22(4-6-23)11-14-34-13-2-12-33/h3-10,19-20,34H,2,11-18,33H2,1H3,(H,36,39). The van der Waals surface area contributed by atoms with E-state index in [1.54, 1.807) is 17.0 Å². The van der Waals surface area contributed by atoms with E-state index in [-0.39, 0.29) is 48.4 Å². The Morgan fingerprint density at radius 2 is 1.67 bits per heavy atom. The lowest BCUT2D eigenvalue weighted by molar-refractivity contribution is -0.138. The maximum Gasteiger partial charge on any atom is 0.416 e. The average molecular weight is 605 g/mol. The van der Waals surface area contributed by atoms with E-state index in [1.807, 2.05) is 12.1 Å². The van der Waals surface area contributed by atoms with Gasteiger partial charge in [0.05, 0.1) is 10.5 Å². The Morgan fingerprint density at radius 3 is 2.29 bits per heavy atom. The minimum atomic E-state index is -4.49. The van der Waals surface area contributed by atoms with E-state index in [1.165, 1.54) is 41.7 Å². The molecule has 1 aliphatic heterocycles. The number of alkyl halides is 3. The fraction of sp³-hybridized carbons (Fsp3) is 0.379. The zero-order valence-corrected chi connectivity index (χ0v) is 24.1. The molecular formula is C29H35F3N6O3S. The van der Waals surface area contributed by atoms with E-state index in [0.717, 1.165) is 37.6 Å². The van der Waals surface area contributed by atoms with E-state index < -0.39 is 21.8 Å². The summed E-state index contributed by atoms with van der Waals surface area (Å²) >= 11 is 0. The van der Waals surface area contributed by atoms with E-state index in [0.29, 0.717) is 17.8 Å². The van der Waals surface area contributed by atoms with Crippen molar-refractivity contribution in [2.45, 2.75) is 30.8 Å². The summed E-state index contributed by atoms with van der Waals surface area (Å²) in [6, 6.07) is 14.2. The number of carbonyl (C=O) groups is 1. The van der Waals surface area contributed by atoms with Gasteiger partial charge >= 0.3 is 6.18 Å². The normalized spacial score (nSPS) is 14.6. The minimum Gasteiger partial charge on any atom is -0.354 e. The molecule has 1 aromatic heterocycles. The second-order valence-electron chi connectivity index (χ2n) is 10.1. The molecule has 1 amide bonds. The summed E-state index contributed by atoms with van der Waals surface area (Å²) in [5.41, 5.74) is 6.79. The van der Waals surface area contributed by atoms with Gasteiger partial charge < -0.3 is 21.3 Å². The monoisotopic (exact) mass is 604 g/mol. The number of nitrogens with zero attached hydrogens (tertiary/aromatic N) is 3. The first-order chi connectivity index (χ1) is 20.0. The maximum atomic E-state index is 13.3. The lowest BCUT2D eigenvalue weighted by Gasteiger charge is -2.35. The van der Waals surface area contributed by atoms with Gasteiger partial charge in [-0.25, -0.2) is 13.4 Å². The number of rotatable bonds is 11. The number of aromatic nitrogens is 1. The van der Waals surface area contributed by atoms with E-state index >= 15 is 0 Å². The number of benzene rings is 2. The average Bonchev–Trinajstić information content (AvgIpc) is 2.97. The van der Waals surface area contributed by atoms with Crippen LogP contribution in [0.15, 0.2) is 65.7 Å². The largest absolute Gasteiger partial charge is 0.416 e. The molecule has 3 aromatic rings. The summed E-state index contributed by atoms with van der Waals surface area (Å²) in [5, 5.41) is 6.09. The number of halogens is 3. The van der Waals surface area contributed by atoms with Crippen LogP contribution in [-0.4, -0.2) is 69.4 Å². The summed E-state index contributed by atoms with van der Waals surface area (Å²) in [7, 11) is -3.84. The summed E-state index contributed by atoms with van der Waals surface area (Å²) in [4.78, 5) is 18.5. The number of carbonyl (C=O) groups excluding carboxylic acids is 1. The number of piperazine rings is 1. The van der Waals surface area contributed by atoms with Crippen LogP contribution in [0.25, 0.3) is 0 Å². The van der Waals surface area contributed by atoms with Gasteiger partial charge in [0.2, 0.25) is 10.0 Å². The van der Waals surface area contributed by atoms with E-state index in [9.17, 15) is 26.4 Å². The molecule has 0 atom stereocenters. The van der Waals surface area contributed by atoms with E-state index in [2.05, 4.69) is 15.6 Å². The van der Waals surface area contributed by atoms with Crippen molar-refractivity contribution in [3.63, 3.8) is 0 Å². The molecule has 9 nitrogen and oxygen atoms in total. The highest BCUT2D eigenvalue weighted by atomic mass is 32.2. The zero-order valence-electron chi connectivity index (χ0n) is 23.3. The molecule has 42 heavy (non-hydrogen) atoms. The number of nitrogens with one attached hydrogen (secondary N) is 2. The molecule has 4 rings (SSSR count). The third-order valence-corrected chi connectivity index (χ3v) is 8.98. The first-order valence-corrected chi connectivity index (χ1v) is 15.1. The smallest absolute Gasteiger partial charge is 0.354 e. The number of hydrogen-bond acceptors (Lipinski definition) is 7. The first-order valence-electron chi connectivity index (χ1n) is 13.7. The van der Waals surface area contributed by atoms with Crippen LogP contribution >= 0.6 is 0 Å². The number of nitrogens with two attached hydrogens (primary N) is 1. The van der Waals surface area contributed by atoms with Crippen LogP contribution in [0.2, 0.25) is 0 Å². The van der Waals surface area contributed by atoms with Crippen molar-refractivity contribution in [1.82, 2.24) is 14.6 Å². The lowest BCUT2D eigenvalue weighted by atomic mass is 10.1. The van der Waals surface area contributed by atoms with Crippen LogP contribution in [0.4, 0.5) is 24.7 Å². The fourth-order valence-corrected chi connectivity index (χ4v) is 6.04. The van der Waals surface area contributed by atoms with Crippen molar-refractivity contribution in [2.75, 3.05) is 56.0 Å². The molecular weight excluding hydrogens is 569 g/mol. The van der Waals surface area contributed by atoms with Gasteiger partial charge in [0.15, 0.2) is 0 Å². The van der Waals surface area contributed by atoms with Crippen LogP contribution in [0, 0.1) is 6.92 Å².